The van der Waals surface area contributed by atoms with Crippen molar-refractivity contribution in [1.82, 2.24) is 4.90 Å². The molecule has 120 valence electrons. The maximum absolute atomic E-state index is 12.1. The van der Waals surface area contributed by atoms with Crippen molar-refractivity contribution in [3.63, 3.8) is 0 Å². The Kier molecular flexibility index (Phi) is 7.35. The summed E-state index contributed by atoms with van der Waals surface area (Å²) in [7, 11) is 0. The minimum Gasteiger partial charge on any atom is -0.435 e. The molecule has 0 bridgehead atoms. The first kappa shape index (κ1) is 18.1. The van der Waals surface area contributed by atoms with Crippen LogP contribution in [0.2, 0.25) is 0 Å². The van der Waals surface area contributed by atoms with Gasteiger partial charge in [-0.25, -0.2) is 0 Å². The fourth-order valence-corrected chi connectivity index (χ4v) is 2.76. The van der Waals surface area contributed by atoms with Crippen molar-refractivity contribution in [1.29, 1.82) is 0 Å². The summed E-state index contributed by atoms with van der Waals surface area (Å²) in [6.45, 7) is 2.00. The zero-order chi connectivity index (χ0) is 14.5. The van der Waals surface area contributed by atoms with E-state index in [0.717, 1.165) is 31.0 Å². The van der Waals surface area contributed by atoms with Gasteiger partial charge in [0.25, 0.3) is 0 Å². The molecule has 0 spiro atoms. The highest BCUT2D eigenvalue weighted by atomic mass is 35.5. The van der Waals surface area contributed by atoms with E-state index in [4.69, 9.17) is 5.73 Å². The number of hydrogen-bond acceptors (Lipinski definition) is 3. The summed E-state index contributed by atoms with van der Waals surface area (Å²) in [4.78, 5) is 2.38. The molecule has 1 heterocycles. The van der Waals surface area contributed by atoms with Gasteiger partial charge in [0.1, 0.15) is 5.75 Å². The quantitative estimate of drug-likeness (QED) is 0.905. The van der Waals surface area contributed by atoms with Gasteiger partial charge in [0.15, 0.2) is 0 Å². The van der Waals surface area contributed by atoms with Crippen LogP contribution in [0.1, 0.15) is 25.3 Å². The number of rotatable bonds is 5. The SMILES string of the molecule is CC1CCN(Cc2ccc(OC(F)F)cc2)C(CN)C1.Cl. The molecule has 0 aliphatic carbocycles. The average molecular weight is 321 g/mol. The highest BCUT2D eigenvalue weighted by molar-refractivity contribution is 5.85. The molecule has 1 aliphatic rings. The number of halogens is 3. The second-order valence-electron chi connectivity index (χ2n) is 5.51. The van der Waals surface area contributed by atoms with Gasteiger partial charge >= 0.3 is 6.61 Å². The fraction of sp³-hybridized carbons (Fsp3) is 0.600. The third-order valence-corrected chi connectivity index (χ3v) is 3.91. The average Bonchev–Trinajstić information content (AvgIpc) is 2.42. The van der Waals surface area contributed by atoms with Gasteiger partial charge in [-0.05, 0) is 43.0 Å². The number of piperidine rings is 1. The topological polar surface area (TPSA) is 38.5 Å². The molecule has 1 aromatic rings. The van der Waals surface area contributed by atoms with Crippen molar-refractivity contribution in [3.8, 4) is 5.75 Å². The fourth-order valence-electron chi connectivity index (χ4n) is 2.76. The van der Waals surface area contributed by atoms with Crippen LogP contribution in [0.4, 0.5) is 8.78 Å². The molecule has 1 aliphatic heterocycles. The first-order valence-electron chi connectivity index (χ1n) is 7.06. The highest BCUT2D eigenvalue weighted by Gasteiger charge is 2.25. The molecular formula is C15H23ClF2N2O. The second-order valence-corrected chi connectivity index (χ2v) is 5.51. The van der Waals surface area contributed by atoms with Gasteiger partial charge in [-0.15, -0.1) is 12.4 Å². The Labute approximate surface area is 130 Å². The van der Waals surface area contributed by atoms with E-state index in [1.54, 1.807) is 12.1 Å². The van der Waals surface area contributed by atoms with Crippen LogP contribution in [0.15, 0.2) is 24.3 Å². The lowest BCUT2D eigenvalue weighted by Gasteiger charge is -2.38. The number of alkyl halides is 2. The Bertz CT molecular complexity index is 417. The first-order valence-corrected chi connectivity index (χ1v) is 7.06. The van der Waals surface area contributed by atoms with Gasteiger partial charge in [0.2, 0.25) is 0 Å². The molecule has 0 saturated carbocycles. The molecule has 2 rings (SSSR count). The Hall–Kier alpha value is -0.910. The van der Waals surface area contributed by atoms with Crippen LogP contribution in [0, 0.1) is 5.92 Å². The summed E-state index contributed by atoms with van der Waals surface area (Å²) >= 11 is 0. The Balaban J connectivity index is 0.00000220. The van der Waals surface area contributed by atoms with E-state index in [1.165, 1.54) is 6.42 Å². The van der Waals surface area contributed by atoms with Crippen molar-refractivity contribution in [3.05, 3.63) is 29.8 Å². The van der Waals surface area contributed by atoms with E-state index in [1.807, 2.05) is 12.1 Å². The molecule has 1 aromatic carbocycles. The molecule has 6 heteroatoms. The van der Waals surface area contributed by atoms with E-state index >= 15 is 0 Å². The molecule has 0 aromatic heterocycles. The summed E-state index contributed by atoms with van der Waals surface area (Å²) in [5.41, 5.74) is 6.94. The molecular weight excluding hydrogens is 298 g/mol. The molecule has 3 nitrogen and oxygen atoms in total. The lowest BCUT2D eigenvalue weighted by molar-refractivity contribution is -0.0498. The van der Waals surface area contributed by atoms with Crippen LogP contribution >= 0.6 is 12.4 Å². The zero-order valence-corrected chi connectivity index (χ0v) is 13.0. The molecule has 2 unspecified atom stereocenters. The maximum Gasteiger partial charge on any atom is 0.387 e. The zero-order valence-electron chi connectivity index (χ0n) is 12.2. The van der Waals surface area contributed by atoms with Crippen LogP contribution < -0.4 is 10.5 Å². The predicted octanol–water partition coefficient (Wildman–Crippen LogP) is 3.27. The number of ether oxygens (including phenoxy) is 1. The minimum atomic E-state index is -2.77. The summed E-state index contributed by atoms with van der Waals surface area (Å²) in [5.74, 6) is 0.924. The molecule has 0 amide bonds. The van der Waals surface area contributed by atoms with Crippen molar-refractivity contribution in [2.45, 2.75) is 39.0 Å². The van der Waals surface area contributed by atoms with Gasteiger partial charge in [0.05, 0.1) is 0 Å². The van der Waals surface area contributed by atoms with Gasteiger partial charge in [-0.3, -0.25) is 4.90 Å². The van der Waals surface area contributed by atoms with Crippen molar-refractivity contribution in [2.24, 2.45) is 11.7 Å². The highest BCUT2D eigenvalue weighted by Crippen LogP contribution is 2.24. The van der Waals surface area contributed by atoms with E-state index in [2.05, 4.69) is 16.6 Å². The summed E-state index contributed by atoms with van der Waals surface area (Å²) in [6, 6.07) is 7.26. The van der Waals surface area contributed by atoms with Gasteiger partial charge < -0.3 is 10.5 Å². The van der Waals surface area contributed by atoms with Crippen molar-refractivity contribution < 1.29 is 13.5 Å². The normalized spacial score (nSPS) is 22.9. The lowest BCUT2D eigenvalue weighted by Crippen LogP contribution is -2.45. The van der Waals surface area contributed by atoms with Crippen molar-refractivity contribution in [2.75, 3.05) is 13.1 Å². The maximum atomic E-state index is 12.1. The Morgan fingerprint density at radius 1 is 1.33 bits per heavy atom. The minimum absolute atomic E-state index is 0. The van der Waals surface area contributed by atoms with E-state index in [9.17, 15) is 8.78 Å². The molecule has 1 saturated heterocycles. The molecule has 0 radical (unpaired) electrons. The van der Waals surface area contributed by atoms with Gasteiger partial charge in [-0.1, -0.05) is 19.1 Å². The number of nitrogens with two attached hydrogens (primary N) is 1. The van der Waals surface area contributed by atoms with Crippen LogP contribution in [0.3, 0.4) is 0 Å². The van der Waals surface area contributed by atoms with Crippen molar-refractivity contribution >= 4 is 12.4 Å². The van der Waals surface area contributed by atoms with Crippen LogP contribution in [0.5, 0.6) is 5.75 Å². The second kappa shape index (κ2) is 8.51. The standard InChI is InChI=1S/C15H22F2N2O.ClH/c1-11-6-7-19(13(8-11)9-18)10-12-2-4-14(5-3-12)20-15(16)17;/h2-5,11,13,15H,6-10,18H2,1H3;1H. The summed E-state index contributed by atoms with van der Waals surface area (Å²) in [6.07, 6.45) is 2.31. The third-order valence-electron chi connectivity index (χ3n) is 3.91. The van der Waals surface area contributed by atoms with Crippen LogP contribution in [-0.2, 0) is 6.54 Å². The molecule has 21 heavy (non-hydrogen) atoms. The largest absolute Gasteiger partial charge is 0.435 e. The van der Waals surface area contributed by atoms with Crippen LogP contribution in [-0.4, -0.2) is 30.6 Å². The lowest BCUT2D eigenvalue weighted by atomic mass is 9.92. The number of benzene rings is 1. The monoisotopic (exact) mass is 320 g/mol. The number of nitrogens with zero attached hydrogens (tertiary/aromatic N) is 1. The number of likely N-dealkylation sites (tertiary alicyclic amines) is 1. The Morgan fingerprint density at radius 3 is 2.57 bits per heavy atom. The van der Waals surface area contributed by atoms with E-state index in [-0.39, 0.29) is 18.2 Å². The smallest absolute Gasteiger partial charge is 0.387 e. The summed E-state index contributed by atoms with van der Waals surface area (Å²) in [5, 5.41) is 0. The first-order chi connectivity index (χ1) is 9.58. The molecule has 2 N–H and O–H groups in total. The van der Waals surface area contributed by atoms with E-state index in [0.29, 0.717) is 12.6 Å². The van der Waals surface area contributed by atoms with Gasteiger partial charge in [-0.2, -0.15) is 8.78 Å². The number of hydrogen-bond donors (Lipinski definition) is 1. The summed E-state index contributed by atoms with van der Waals surface area (Å²) < 4.78 is 28.5. The van der Waals surface area contributed by atoms with Gasteiger partial charge in [0, 0.05) is 19.1 Å². The Morgan fingerprint density at radius 2 is 2.00 bits per heavy atom. The van der Waals surface area contributed by atoms with Crippen LogP contribution in [0.25, 0.3) is 0 Å². The molecule has 2 atom stereocenters. The third kappa shape index (κ3) is 5.41. The predicted molar refractivity (Wildman–Crippen MR) is 82.0 cm³/mol. The molecule has 1 fully saturated rings. The van der Waals surface area contributed by atoms with E-state index < -0.39 is 6.61 Å².